The monoisotopic (exact) mass is 243 g/mol. The molecule has 0 spiro atoms. The van der Waals surface area contributed by atoms with Gasteiger partial charge in [0.1, 0.15) is 11.0 Å². The molecule has 0 aliphatic heterocycles. The summed E-state index contributed by atoms with van der Waals surface area (Å²) in [7, 11) is 1.64. The molecular weight excluding hydrogens is 234 g/mol. The topological polar surface area (TPSA) is 80.9 Å². The molecule has 0 atom stereocenters. The van der Waals surface area contributed by atoms with Crippen LogP contribution in [0.4, 0.5) is 5.69 Å². The molecule has 0 saturated carbocycles. The summed E-state index contributed by atoms with van der Waals surface area (Å²) in [5.41, 5.74) is 0.564. The van der Waals surface area contributed by atoms with Gasteiger partial charge in [-0.25, -0.2) is 0 Å². The van der Waals surface area contributed by atoms with E-state index in [1.54, 1.807) is 31.4 Å². The van der Waals surface area contributed by atoms with Crippen LogP contribution in [0.5, 0.6) is 0 Å². The summed E-state index contributed by atoms with van der Waals surface area (Å²) in [5, 5.41) is 12.3. The molecule has 1 N–H and O–H groups in total. The van der Waals surface area contributed by atoms with Crippen LogP contribution >= 0.6 is 0 Å². The lowest BCUT2D eigenvalue weighted by Gasteiger charge is -1.95. The number of hydrogen-bond donors (Lipinski definition) is 1. The van der Waals surface area contributed by atoms with Gasteiger partial charge in [0, 0.05) is 30.1 Å². The lowest BCUT2D eigenvalue weighted by atomic mass is 10.1. The first kappa shape index (κ1) is 10.5. The Morgan fingerprint density at radius 1 is 1.22 bits per heavy atom. The SMILES string of the molecule is Cn1ccc2c([nH]c3c([N+](=O)[O-])cccc32)c1=O. The average molecular weight is 243 g/mol. The molecule has 90 valence electrons. The molecule has 0 unspecified atom stereocenters. The summed E-state index contributed by atoms with van der Waals surface area (Å²) in [4.78, 5) is 25.3. The predicted molar refractivity (Wildman–Crippen MR) is 67.7 cm³/mol. The van der Waals surface area contributed by atoms with Gasteiger partial charge in [-0.05, 0) is 6.07 Å². The number of nitrogens with zero attached hydrogens (tertiary/aromatic N) is 2. The minimum Gasteiger partial charge on any atom is -0.344 e. The van der Waals surface area contributed by atoms with Crippen LogP contribution in [0.25, 0.3) is 21.8 Å². The summed E-state index contributed by atoms with van der Waals surface area (Å²) in [6, 6.07) is 6.58. The molecule has 0 amide bonds. The first-order valence-corrected chi connectivity index (χ1v) is 5.34. The summed E-state index contributed by atoms with van der Waals surface area (Å²) in [5.74, 6) is 0. The van der Waals surface area contributed by atoms with Crippen molar-refractivity contribution in [3.63, 3.8) is 0 Å². The van der Waals surface area contributed by atoms with Crippen molar-refractivity contribution in [1.29, 1.82) is 0 Å². The van der Waals surface area contributed by atoms with Crippen molar-refractivity contribution >= 4 is 27.5 Å². The fourth-order valence-corrected chi connectivity index (χ4v) is 2.15. The number of hydrogen-bond acceptors (Lipinski definition) is 3. The maximum atomic E-state index is 11.9. The number of nitro groups is 1. The number of H-pyrrole nitrogens is 1. The van der Waals surface area contributed by atoms with E-state index >= 15 is 0 Å². The Bertz CT molecular complexity index is 845. The Morgan fingerprint density at radius 2 is 1.94 bits per heavy atom. The standard InChI is InChI=1S/C12H9N3O3/c1-14-6-5-8-7-3-2-4-9(15(17)18)10(7)13-11(8)12(14)16/h2-6,13H,1H3. The van der Waals surface area contributed by atoms with Crippen LogP contribution in [0.2, 0.25) is 0 Å². The zero-order chi connectivity index (χ0) is 12.9. The van der Waals surface area contributed by atoms with Crippen molar-refractivity contribution in [1.82, 2.24) is 9.55 Å². The molecule has 1 aromatic carbocycles. The van der Waals surface area contributed by atoms with E-state index in [4.69, 9.17) is 0 Å². The van der Waals surface area contributed by atoms with Gasteiger partial charge < -0.3 is 9.55 Å². The lowest BCUT2D eigenvalue weighted by molar-refractivity contribution is -0.383. The molecule has 0 bridgehead atoms. The number of pyridine rings is 1. The van der Waals surface area contributed by atoms with E-state index in [1.807, 2.05) is 0 Å². The van der Waals surface area contributed by atoms with Gasteiger partial charge >= 0.3 is 0 Å². The van der Waals surface area contributed by atoms with Gasteiger partial charge in [-0.2, -0.15) is 0 Å². The molecule has 6 heteroatoms. The number of benzene rings is 1. The fraction of sp³-hybridized carbons (Fsp3) is 0.0833. The number of rotatable bonds is 1. The minimum atomic E-state index is -0.456. The van der Waals surface area contributed by atoms with Gasteiger partial charge in [0.05, 0.1) is 4.92 Å². The maximum absolute atomic E-state index is 11.9. The van der Waals surface area contributed by atoms with E-state index < -0.39 is 4.92 Å². The molecule has 3 aromatic rings. The molecule has 0 radical (unpaired) electrons. The average Bonchev–Trinajstić information content (AvgIpc) is 2.72. The highest BCUT2D eigenvalue weighted by molar-refractivity contribution is 6.09. The molecule has 0 fully saturated rings. The van der Waals surface area contributed by atoms with Crippen molar-refractivity contribution in [3.05, 3.63) is 50.9 Å². The Labute approximate surface area is 101 Å². The maximum Gasteiger partial charge on any atom is 0.293 e. The van der Waals surface area contributed by atoms with Crippen molar-refractivity contribution in [3.8, 4) is 0 Å². The molecule has 0 saturated heterocycles. The van der Waals surface area contributed by atoms with E-state index in [0.29, 0.717) is 21.8 Å². The second-order valence-corrected chi connectivity index (χ2v) is 4.10. The smallest absolute Gasteiger partial charge is 0.293 e. The number of nitrogens with one attached hydrogen (secondary N) is 1. The summed E-state index contributed by atoms with van der Waals surface area (Å²) >= 11 is 0. The zero-order valence-corrected chi connectivity index (χ0v) is 9.51. The van der Waals surface area contributed by atoms with E-state index in [-0.39, 0.29) is 11.2 Å². The number of aryl methyl sites for hydroxylation is 1. The summed E-state index contributed by atoms with van der Waals surface area (Å²) in [6.45, 7) is 0. The number of nitro benzene ring substituents is 1. The van der Waals surface area contributed by atoms with Gasteiger partial charge in [0.2, 0.25) is 0 Å². The van der Waals surface area contributed by atoms with Crippen LogP contribution in [0.1, 0.15) is 0 Å². The molecule has 2 heterocycles. The first-order chi connectivity index (χ1) is 8.59. The van der Waals surface area contributed by atoms with Crippen LogP contribution in [0.3, 0.4) is 0 Å². The van der Waals surface area contributed by atoms with Crippen LogP contribution < -0.4 is 5.56 Å². The third kappa shape index (κ3) is 1.26. The summed E-state index contributed by atoms with van der Waals surface area (Å²) < 4.78 is 1.43. The molecule has 0 aliphatic rings. The molecule has 18 heavy (non-hydrogen) atoms. The Balaban J connectivity index is 2.58. The zero-order valence-electron chi connectivity index (χ0n) is 9.51. The normalized spacial score (nSPS) is 11.2. The Kier molecular flexibility index (Phi) is 2.00. The Hall–Kier alpha value is -2.63. The van der Waals surface area contributed by atoms with Crippen LogP contribution in [-0.4, -0.2) is 14.5 Å². The van der Waals surface area contributed by atoms with Gasteiger partial charge in [0.25, 0.3) is 11.2 Å². The highest BCUT2D eigenvalue weighted by Crippen LogP contribution is 2.29. The number of fused-ring (bicyclic) bond motifs is 3. The number of aromatic amines is 1. The van der Waals surface area contributed by atoms with Crippen LogP contribution in [0.15, 0.2) is 35.3 Å². The fourth-order valence-electron chi connectivity index (χ4n) is 2.15. The molecule has 6 nitrogen and oxygen atoms in total. The quantitative estimate of drug-likeness (QED) is 0.523. The molecule has 3 rings (SSSR count). The van der Waals surface area contributed by atoms with Crippen LogP contribution in [0, 0.1) is 10.1 Å². The lowest BCUT2D eigenvalue weighted by Crippen LogP contribution is -2.15. The van der Waals surface area contributed by atoms with E-state index in [2.05, 4.69) is 4.98 Å². The van der Waals surface area contributed by atoms with Crippen molar-refractivity contribution < 1.29 is 4.92 Å². The third-order valence-corrected chi connectivity index (χ3v) is 3.05. The minimum absolute atomic E-state index is 0.0225. The second-order valence-electron chi connectivity index (χ2n) is 4.10. The van der Waals surface area contributed by atoms with E-state index in [0.717, 1.165) is 0 Å². The second kappa shape index (κ2) is 3.43. The first-order valence-electron chi connectivity index (χ1n) is 5.34. The van der Waals surface area contributed by atoms with Gasteiger partial charge in [0.15, 0.2) is 0 Å². The Morgan fingerprint density at radius 3 is 2.67 bits per heavy atom. The van der Waals surface area contributed by atoms with Crippen molar-refractivity contribution in [2.75, 3.05) is 0 Å². The van der Waals surface area contributed by atoms with Gasteiger partial charge in [-0.15, -0.1) is 0 Å². The van der Waals surface area contributed by atoms with E-state index in [9.17, 15) is 14.9 Å². The summed E-state index contributed by atoms with van der Waals surface area (Å²) in [6.07, 6.45) is 1.65. The number of para-hydroxylation sites is 1. The highest BCUT2D eigenvalue weighted by atomic mass is 16.6. The third-order valence-electron chi connectivity index (χ3n) is 3.05. The van der Waals surface area contributed by atoms with Gasteiger partial charge in [-0.1, -0.05) is 12.1 Å². The molecule has 2 aromatic heterocycles. The highest BCUT2D eigenvalue weighted by Gasteiger charge is 2.16. The largest absolute Gasteiger partial charge is 0.344 e. The number of non-ortho nitro benzene ring substituents is 1. The number of aromatic nitrogens is 2. The van der Waals surface area contributed by atoms with E-state index in [1.165, 1.54) is 10.6 Å². The molecular formula is C12H9N3O3. The van der Waals surface area contributed by atoms with Crippen molar-refractivity contribution in [2.45, 2.75) is 0 Å². The van der Waals surface area contributed by atoms with Gasteiger partial charge in [-0.3, -0.25) is 14.9 Å². The molecule has 0 aliphatic carbocycles. The van der Waals surface area contributed by atoms with Crippen molar-refractivity contribution in [2.24, 2.45) is 7.05 Å². The predicted octanol–water partition coefficient (Wildman–Crippen LogP) is 1.93. The van der Waals surface area contributed by atoms with Crippen LogP contribution in [-0.2, 0) is 7.05 Å².